The summed E-state index contributed by atoms with van der Waals surface area (Å²) in [5.41, 5.74) is 8.78. The highest BCUT2D eigenvalue weighted by Gasteiger charge is 2.23. The fourth-order valence-corrected chi connectivity index (χ4v) is 3.33. The Labute approximate surface area is 135 Å². The highest BCUT2D eigenvalue weighted by atomic mass is 16.5. The van der Waals surface area contributed by atoms with Gasteiger partial charge >= 0.3 is 0 Å². The Bertz CT molecular complexity index is 776. The first-order valence-corrected chi connectivity index (χ1v) is 8.18. The number of fused-ring (bicyclic) bond motifs is 1. The van der Waals surface area contributed by atoms with Crippen LogP contribution in [0.15, 0.2) is 16.9 Å². The lowest BCUT2D eigenvalue weighted by atomic mass is 10.1. The molecule has 1 aliphatic rings. The van der Waals surface area contributed by atoms with Gasteiger partial charge in [-0.05, 0) is 39.2 Å². The SMILES string of the molecule is COc1ccc2c(n1)c(N)c(N1CCCCC1)c(=O)n2C(C)C. The second-order valence-corrected chi connectivity index (χ2v) is 6.30. The molecule has 0 unspecified atom stereocenters. The summed E-state index contributed by atoms with van der Waals surface area (Å²) in [4.78, 5) is 19.7. The van der Waals surface area contributed by atoms with E-state index < -0.39 is 0 Å². The van der Waals surface area contributed by atoms with Gasteiger partial charge in [0.05, 0.1) is 18.3 Å². The lowest BCUT2D eigenvalue weighted by molar-refractivity contribution is 0.399. The van der Waals surface area contributed by atoms with Crippen LogP contribution in [0.5, 0.6) is 5.88 Å². The lowest BCUT2D eigenvalue weighted by Crippen LogP contribution is -2.37. The summed E-state index contributed by atoms with van der Waals surface area (Å²) in [6.45, 7) is 5.74. The third-order valence-electron chi connectivity index (χ3n) is 4.44. The van der Waals surface area contributed by atoms with Crippen molar-refractivity contribution in [2.24, 2.45) is 0 Å². The number of nitrogens with zero attached hydrogens (tertiary/aromatic N) is 3. The van der Waals surface area contributed by atoms with Gasteiger partial charge in [0.15, 0.2) is 0 Å². The molecule has 2 aromatic heterocycles. The molecule has 2 aromatic rings. The second-order valence-electron chi connectivity index (χ2n) is 6.30. The molecule has 23 heavy (non-hydrogen) atoms. The van der Waals surface area contributed by atoms with E-state index >= 15 is 0 Å². The van der Waals surface area contributed by atoms with Gasteiger partial charge in [-0.25, -0.2) is 4.98 Å². The zero-order valence-corrected chi connectivity index (χ0v) is 14.0. The average Bonchev–Trinajstić information content (AvgIpc) is 2.55. The Morgan fingerprint density at radius 1 is 1.22 bits per heavy atom. The van der Waals surface area contributed by atoms with E-state index in [0.29, 0.717) is 22.8 Å². The van der Waals surface area contributed by atoms with E-state index in [9.17, 15) is 4.79 Å². The van der Waals surface area contributed by atoms with Crippen molar-refractivity contribution in [3.63, 3.8) is 0 Å². The molecule has 3 heterocycles. The largest absolute Gasteiger partial charge is 0.481 e. The van der Waals surface area contributed by atoms with Crippen molar-refractivity contribution in [2.75, 3.05) is 30.8 Å². The zero-order valence-electron chi connectivity index (χ0n) is 14.0. The first-order valence-electron chi connectivity index (χ1n) is 8.18. The summed E-state index contributed by atoms with van der Waals surface area (Å²) in [7, 11) is 1.58. The van der Waals surface area contributed by atoms with E-state index in [1.165, 1.54) is 6.42 Å². The van der Waals surface area contributed by atoms with Crippen LogP contribution in [-0.2, 0) is 0 Å². The van der Waals surface area contributed by atoms with Crippen molar-refractivity contribution in [3.8, 4) is 5.88 Å². The third-order valence-corrected chi connectivity index (χ3v) is 4.44. The maximum absolute atomic E-state index is 13.1. The van der Waals surface area contributed by atoms with Crippen LogP contribution in [0, 0.1) is 0 Å². The molecule has 6 nitrogen and oxygen atoms in total. The number of nitrogens with two attached hydrogens (primary N) is 1. The average molecular weight is 316 g/mol. The molecular weight excluding hydrogens is 292 g/mol. The number of aromatic nitrogens is 2. The number of rotatable bonds is 3. The minimum Gasteiger partial charge on any atom is -0.481 e. The van der Waals surface area contributed by atoms with Gasteiger partial charge in [0.1, 0.15) is 11.2 Å². The first-order chi connectivity index (χ1) is 11.0. The van der Waals surface area contributed by atoms with Gasteiger partial charge in [-0.1, -0.05) is 0 Å². The minimum absolute atomic E-state index is 0.0288. The van der Waals surface area contributed by atoms with Crippen LogP contribution in [0.2, 0.25) is 0 Å². The van der Waals surface area contributed by atoms with Crippen molar-refractivity contribution in [1.82, 2.24) is 9.55 Å². The van der Waals surface area contributed by atoms with Crippen molar-refractivity contribution in [2.45, 2.75) is 39.2 Å². The Balaban J connectivity index is 2.32. The molecule has 0 atom stereocenters. The van der Waals surface area contributed by atoms with Crippen LogP contribution >= 0.6 is 0 Å². The van der Waals surface area contributed by atoms with E-state index in [1.807, 2.05) is 19.9 Å². The predicted molar refractivity (Wildman–Crippen MR) is 93.4 cm³/mol. The van der Waals surface area contributed by atoms with E-state index in [2.05, 4.69) is 9.88 Å². The predicted octanol–water partition coefficient (Wildman–Crippen LogP) is 2.56. The molecule has 0 aliphatic carbocycles. The summed E-state index contributed by atoms with van der Waals surface area (Å²) >= 11 is 0. The van der Waals surface area contributed by atoms with E-state index in [-0.39, 0.29) is 11.6 Å². The summed E-state index contributed by atoms with van der Waals surface area (Å²) < 4.78 is 7.01. The summed E-state index contributed by atoms with van der Waals surface area (Å²) in [5, 5.41) is 0. The van der Waals surface area contributed by atoms with Gasteiger partial charge in [0.2, 0.25) is 5.88 Å². The molecular formula is C17H24N4O2. The Kier molecular flexibility index (Phi) is 4.15. The van der Waals surface area contributed by atoms with Gasteiger partial charge in [0, 0.05) is 25.2 Å². The molecule has 0 radical (unpaired) electrons. The van der Waals surface area contributed by atoms with Crippen LogP contribution in [0.4, 0.5) is 11.4 Å². The normalized spacial score (nSPS) is 15.4. The minimum atomic E-state index is -0.0288. The molecule has 0 bridgehead atoms. The molecule has 3 rings (SSSR count). The maximum atomic E-state index is 13.1. The fraction of sp³-hybridized carbons (Fsp3) is 0.529. The van der Waals surface area contributed by atoms with Gasteiger partial charge in [-0.15, -0.1) is 0 Å². The number of nitrogen functional groups attached to an aromatic ring is 1. The van der Waals surface area contributed by atoms with Gasteiger partial charge in [-0.2, -0.15) is 0 Å². The maximum Gasteiger partial charge on any atom is 0.277 e. The number of ether oxygens (including phenoxy) is 1. The monoisotopic (exact) mass is 316 g/mol. The van der Waals surface area contributed by atoms with Crippen LogP contribution in [0.3, 0.4) is 0 Å². The van der Waals surface area contributed by atoms with Crippen LogP contribution < -0.4 is 20.9 Å². The van der Waals surface area contributed by atoms with Gasteiger partial charge in [-0.3, -0.25) is 4.79 Å². The van der Waals surface area contributed by atoms with Crippen molar-refractivity contribution in [3.05, 3.63) is 22.5 Å². The molecule has 0 amide bonds. The number of anilines is 2. The lowest BCUT2D eigenvalue weighted by Gasteiger charge is -2.30. The molecule has 1 aliphatic heterocycles. The zero-order chi connectivity index (χ0) is 16.6. The van der Waals surface area contributed by atoms with Crippen LogP contribution in [0.1, 0.15) is 39.2 Å². The Morgan fingerprint density at radius 2 is 1.91 bits per heavy atom. The van der Waals surface area contributed by atoms with Crippen LogP contribution in [0.25, 0.3) is 11.0 Å². The second kappa shape index (κ2) is 6.10. The van der Waals surface area contributed by atoms with Crippen molar-refractivity contribution in [1.29, 1.82) is 0 Å². The highest BCUT2D eigenvalue weighted by Crippen LogP contribution is 2.31. The number of piperidine rings is 1. The molecule has 1 saturated heterocycles. The van der Waals surface area contributed by atoms with E-state index in [0.717, 1.165) is 31.4 Å². The summed E-state index contributed by atoms with van der Waals surface area (Å²) in [5.74, 6) is 0.503. The standard InChI is InChI=1S/C17H24N4O2/c1-11(2)21-12-7-8-13(23-3)19-15(12)14(18)16(17(21)22)20-9-5-4-6-10-20/h7-8,11H,4-6,9-10,18H2,1-3H3. The number of hydrogen-bond acceptors (Lipinski definition) is 5. The smallest absolute Gasteiger partial charge is 0.277 e. The van der Waals surface area contributed by atoms with Crippen molar-refractivity contribution >= 4 is 22.4 Å². The summed E-state index contributed by atoms with van der Waals surface area (Å²) in [6, 6.07) is 3.66. The van der Waals surface area contributed by atoms with E-state index in [4.69, 9.17) is 10.5 Å². The van der Waals surface area contributed by atoms with Gasteiger partial charge in [0.25, 0.3) is 5.56 Å². The topological polar surface area (TPSA) is 73.4 Å². The number of hydrogen-bond donors (Lipinski definition) is 1. The summed E-state index contributed by atoms with van der Waals surface area (Å²) in [6.07, 6.45) is 3.38. The molecule has 124 valence electrons. The van der Waals surface area contributed by atoms with Gasteiger partial charge < -0.3 is 19.9 Å². The molecule has 0 aromatic carbocycles. The van der Waals surface area contributed by atoms with Crippen molar-refractivity contribution < 1.29 is 4.74 Å². The molecule has 1 fully saturated rings. The Hall–Kier alpha value is -2.24. The fourth-order valence-electron chi connectivity index (χ4n) is 3.33. The van der Waals surface area contributed by atoms with E-state index in [1.54, 1.807) is 17.7 Å². The highest BCUT2D eigenvalue weighted by molar-refractivity contribution is 5.94. The molecule has 2 N–H and O–H groups in total. The van der Waals surface area contributed by atoms with Crippen LogP contribution in [-0.4, -0.2) is 29.8 Å². The Morgan fingerprint density at radius 3 is 2.52 bits per heavy atom. The first kappa shape index (κ1) is 15.6. The number of methoxy groups -OCH3 is 1. The molecule has 6 heteroatoms. The molecule has 0 saturated carbocycles. The number of pyridine rings is 2. The molecule has 0 spiro atoms. The quantitative estimate of drug-likeness (QED) is 0.942. The third kappa shape index (κ3) is 2.62.